The van der Waals surface area contributed by atoms with Gasteiger partial charge in [0.1, 0.15) is 11.9 Å². The standard InChI is InChI=1S/C11H17N3O/c1-3-9(15-2)11-13-8(7-4-5-7)6-10(12)14-11/h6-7,9H,3-5H2,1-2H3,(H2,12,13,14). The van der Waals surface area contributed by atoms with Crippen molar-refractivity contribution in [2.24, 2.45) is 0 Å². The van der Waals surface area contributed by atoms with Crippen molar-refractivity contribution in [2.75, 3.05) is 12.8 Å². The van der Waals surface area contributed by atoms with Crippen molar-refractivity contribution in [2.45, 2.75) is 38.2 Å². The number of anilines is 1. The van der Waals surface area contributed by atoms with Gasteiger partial charge in [0.15, 0.2) is 5.82 Å². The maximum atomic E-state index is 5.77. The Morgan fingerprint density at radius 2 is 2.27 bits per heavy atom. The van der Waals surface area contributed by atoms with E-state index in [1.54, 1.807) is 7.11 Å². The Kier molecular flexibility index (Phi) is 2.86. The number of nitrogens with two attached hydrogens (primary N) is 1. The molecular formula is C11H17N3O. The van der Waals surface area contributed by atoms with Crippen LogP contribution in [-0.4, -0.2) is 17.1 Å². The van der Waals surface area contributed by atoms with Crippen molar-refractivity contribution in [3.63, 3.8) is 0 Å². The van der Waals surface area contributed by atoms with Crippen LogP contribution in [0.2, 0.25) is 0 Å². The molecule has 1 fully saturated rings. The van der Waals surface area contributed by atoms with Gasteiger partial charge in [-0.25, -0.2) is 9.97 Å². The number of rotatable bonds is 4. The Morgan fingerprint density at radius 3 is 2.80 bits per heavy atom. The van der Waals surface area contributed by atoms with Gasteiger partial charge in [0, 0.05) is 24.8 Å². The van der Waals surface area contributed by atoms with Gasteiger partial charge in [-0.2, -0.15) is 0 Å². The van der Waals surface area contributed by atoms with Gasteiger partial charge in [-0.05, 0) is 19.3 Å². The summed E-state index contributed by atoms with van der Waals surface area (Å²) in [5, 5.41) is 0. The maximum Gasteiger partial charge on any atom is 0.159 e. The third kappa shape index (κ3) is 2.26. The van der Waals surface area contributed by atoms with E-state index in [1.807, 2.05) is 6.07 Å². The van der Waals surface area contributed by atoms with Crippen molar-refractivity contribution >= 4 is 5.82 Å². The predicted octanol–water partition coefficient (Wildman–Crippen LogP) is 2.03. The monoisotopic (exact) mass is 207 g/mol. The fraction of sp³-hybridized carbons (Fsp3) is 0.636. The Hall–Kier alpha value is -1.16. The molecule has 2 rings (SSSR count). The van der Waals surface area contributed by atoms with E-state index in [0.29, 0.717) is 11.7 Å². The minimum Gasteiger partial charge on any atom is -0.384 e. The van der Waals surface area contributed by atoms with Crippen LogP contribution in [0.15, 0.2) is 6.07 Å². The van der Waals surface area contributed by atoms with E-state index in [4.69, 9.17) is 10.5 Å². The Morgan fingerprint density at radius 1 is 1.53 bits per heavy atom. The molecule has 0 bridgehead atoms. The minimum absolute atomic E-state index is 0.0361. The molecule has 4 heteroatoms. The molecule has 0 saturated heterocycles. The molecule has 0 radical (unpaired) electrons. The SMILES string of the molecule is CCC(OC)c1nc(N)cc(C2CC2)n1. The molecule has 0 aliphatic heterocycles. The highest BCUT2D eigenvalue weighted by Gasteiger charge is 2.26. The number of nitrogens with zero attached hydrogens (tertiary/aromatic N) is 2. The Labute approximate surface area is 89.9 Å². The molecule has 1 aliphatic rings. The van der Waals surface area contributed by atoms with Crippen LogP contribution in [0, 0.1) is 0 Å². The van der Waals surface area contributed by atoms with Crippen LogP contribution in [0.25, 0.3) is 0 Å². The normalized spacial score (nSPS) is 17.7. The lowest BCUT2D eigenvalue weighted by Crippen LogP contribution is -2.09. The molecule has 0 spiro atoms. The van der Waals surface area contributed by atoms with Crippen LogP contribution in [0.4, 0.5) is 5.82 Å². The number of ether oxygens (including phenoxy) is 1. The average molecular weight is 207 g/mol. The third-order valence-electron chi connectivity index (χ3n) is 2.72. The lowest BCUT2D eigenvalue weighted by atomic mass is 10.2. The zero-order valence-electron chi connectivity index (χ0n) is 9.23. The topological polar surface area (TPSA) is 61.0 Å². The maximum absolute atomic E-state index is 5.77. The summed E-state index contributed by atoms with van der Waals surface area (Å²) in [5.41, 5.74) is 6.84. The summed E-state index contributed by atoms with van der Waals surface area (Å²) in [5.74, 6) is 1.88. The van der Waals surface area contributed by atoms with Gasteiger partial charge in [0.05, 0.1) is 0 Å². The van der Waals surface area contributed by atoms with Gasteiger partial charge < -0.3 is 10.5 Å². The first-order valence-corrected chi connectivity index (χ1v) is 5.41. The zero-order valence-corrected chi connectivity index (χ0v) is 9.23. The first-order valence-electron chi connectivity index (χ1n) is 5.41. The molecule has 1 atom stereocenters. The van der Waals surface area contributed by atoms with Gasteiger partial charge in [-0.15, -0.1) is 0 Å². The molecule has 1 unspecified atom stereocenters. The molecule has 4 nitrogen and oxygen atoms in total. The van der Waals surface area contributed by atoms with E-state index in [9.17, 15) is 0 Å². The van der Waals surface area contributed by atoms with Crippen LogP contribution in [-0.2, 0) is 4.74 Å². The van der Waals surface area contributed by atoms with E-state index < -0.39 is 0 Å². The number of hydrogen-bond donors (Lipinski definition) is 1. The Balaban J connectivity index is 2.29. The lowest BCUT2D eigenvalue weighted by molar-refractivity contribution is 0.0925. The highest BCUT2D eigenvalue weighted by Crippen LogP contribution is 2.39. The highest BCUT2D eigenvalue weighted by molar-refractivity contribution is 5.33. The quantitative estimate of drug-likeness (QED) is 0.820. The summed E-state index contributed by atoms with van der Waals surface area (Å²) in [4.78, 5) is 8.75. The van der Waals surface area contributed by atoms with Crippen LogP contribution in [0.5, 0.6) is 0 Å². The molecule has 15 heavy (non-hydrogen) atoms. The summed E-state index contributed by atoms with van der Waals surface area (Å²) >= 11 is 0. The summed E-state index contributed by atoms with van der Waals surface area (Å²) in [6, 6.07) is 1.88. The second kappa shape index (κ2) is 4.14. The Bertz CT molecular complexity index is 346. The third-order valence-corrected chi connectivity index (χ3v) is 2.72. The first kappa shape index (κ1) is 10.4. The molecular weight excluding hydrogens is 190 g/mol. The van der Waals surface area contributed by atoms with Crippen molar-refractivity contribution in [3.05, 3.63) is 17.6 Å². The van der Waals surface area contributed by atoms with E-state index >= 15 is 0 Å². The average Bonchev–Trinajstić information content (AvgIpc) is 3.02. The van der Waals surface area contributed by atoms with Gasteiger partial charge in [0.25, 0.3) is 0 Å². The van der Waals surface area contributed by atoms with E-state index in [2.05, 4.69) is 16.9 Å². The smallest absolute Gasteiger partial charge is 0.159 e. The molecule has 1 heterocycles. The van der Waals surface area contributed by atoms with Gasteiger partial charge in [-0.1, -0.05) is 6.92 Å². The summed E-state index contributed by atoms with van der Waals surface area (Å²) in [6.07, 6.45) is 3.27. The fourth-order valence-electron chi connectivity index (χ4n) is 1.69. The molecule has 1 aliphatic carbocycles. The summed E-state index contributed by atoms with van der Waals surface area (Å²) in [7, 11) is 1.68. The van der Waals surface area contributed by atoms with E-state index in [-0.39, 0.29) is 6.10 Å². The van der Waals surface area contributed by atoms with Crippen molar-refractivity contribution < 1.29 is 4.74 Å². The largest absolute Gasteiger partial charge is 0.384 e. The van der Waals surface area contributed by atoms with Crippen LogP contribution >= 0.6 is 0 Å². The minimum atomic E-state index is -0.0361. The molecule has 1 aromatic heterocycles. The van der Waals surface area contributed by atoms with E-state index in [0.717, 1.165) is 17.9 Å². The van der Waals surface area contributed by atoms with Gasteiger partial charge in [0.2, 0.25) is 0 Å². The molecule has 1 aromatic rings. The van der Waals surface area contributed by atoms with Crippen LogP contribution < -0.4 is 5.73 Å². The highest BCUT2D eigenvalue weighted by atomic mass is 16.5. The fourth-order valence-corrected chi connectivity index (χ4v) is 1.69. The molecule has 2 N–H and O–H groups in total. The number of nitrogen functional groups attached to an aromatic ring is 1. The van der Waals surface area contributed by atoms with Gasteiger partial charge in [-0.3, -0.25) is 0 Å². The number of methoxy groups -OCH3 is 1. The number of aromatic nitrogens is 2. The zero-order chi connectivity index (χ0) is 10.8. The molecule has 0 amide bonds. The summed E-state index contributed by atoms with van der Waals surface area (Å²) in [6.45, 7) is 2.05. The van der Waals surface area contributed by atoms with E-state index in [1.165, 1.54) is 12.8 Å². The predicted molar refractivity (Wildman–Crippen MR) is 58.5 cm³/mol. The van der Waals surface area contributed by atoms with Gasteiger partial charge >= 0.3 is 0 Å². The molecule has 1 saturated carbocycles. The second-order valence-corrected chi connectivity index (χ2v) is 3.98. The van der Waals surface area contributed by atoms with Crippen molar-refractivity contribution in [1.29, 1.82) is 0 Å². The molecule has 0 aromatic carbocycles. The summed E-state index contributed by atoms with van der Waals surface area (Å²) < 4.78 is 5.32. The van der Waals surface area contributed by atoms with Crippen molar-refractivity contribution in [1.82, 2.24) is 9.97 Å². The number of hydrogen-bond acceptors (Lipinski definition) is 4. The molecule has 82 valence electrons. The van der Waals surface area contributed by atoms with Crippen LogP contribution in [0.1, 0.15) is 49.7 Å². The first-order chi connectivity index (χ1) is 7.24. The van der Waals surface area contributed by atoms with Crippen molar-refractivity contribution in [3.8, 4) is 0 Å². The van der Waals surface area contributed by atoms with Crippen LogP contribution in [0.3, 0.4) is 0 Å². The lowest BCUT2D eigenvalue weighted by Gasteiger charge is -2.12. The second-order valence-electron chi connectivity index (χ2n) is 3.98.